The second-order valence-electron chi connectivity index (χ2n) is 11.7. The molecule has 11 heteroatoms. The molecule has 1 aliphatic carbocycles. The van der Waals surface area contributed by atoms with Crippen molar-refractivity contribution < 1.29 is 23.9 Å². The number of rotatable bonds is 19. The lowest BCUT2D eigenvalue weighted by Gasteiger charge is -2.23. The number of unbranched alkanes of at least 4 members (excludes halogenated alkanes) is 8. The van der Waals surface area contributed by atoms with Gasteiger partial charge in [0.15, 0.2) is 11.5 Å². The van der Waals surface area contributed by atoms with Crippen LogP contribution < -0.4 is 5.32 Å². The fraction of sp³-hybridized carbons (Fsp3) is 0.571. The first-order chi connectivity index (χ1) is 22.2. The molecule has 2 N–H and O–H groups in total. The Kier molecular flexibility index (Phi) is 17.8. The number of amides is 4. The van der Waals surface area contributed by atoms with Crippen LogP contribution in [0.5, 0.6) is 0 Å². The van der Waals surface area contributed by atoms with Gasteiger partial charge in [-0.2, -0.15) is 4.90 Å². The Bertz CT molecular complexity index is 1280. The van der Waals surface area contributed by atoms with Gasteiger partial charge < -0.3 is 10.1 Å². The zero-order valence-electron chi connectivity index (χ0n) is 27.9. The predicted molar refractivity (Wildman–Crippen MR) is 179 cm³/mol. The number of ether oxygens (including phenoxy) is 1. The van der Waals surface area contributed by atoms with E-state index in [0.29, 0.717) is 17.2 Å². The quantitative estimate of drug-likeness (QED) is 0.0880. The van der Waals surface area contributed by atoms with Crippen molar-refractivity contribution in [2.45, 2.75) is 110 Å². The van der Waals surface area contributed by atoms with E-state index in [-0.39, 0.29) is 13.0 Å². The third-order valence-corrected chi connectivity index (χ3v) is 8.04. The molecular formula is C35H52N6O5. The topological polar surface area (TPSA) is 147 Å². The number of carbonyl (C=O) groups excluding carboxylic acids is 4. The molecule has 11 nitrogen and oxygen atoms in total. The third-order valence-electron chi connectivity index (χ3n) is 8.04. The second-order valence-corrected chi connectivity index (χ2v) is 11.7. The number of allylic oxidation sites excluding steroid dienone is 6. The van der Waals surface area contributed by atoms with Crippen LogP contribution in [0, 0.1) is 11.4 Å². The normalized spacial score (nSPS) is 14.7. The number of imide groups is 3. The summed E-state index contributed by atoms with van der Waals surface area (Å²) in [6, 6.07) is -0.680. The third kappa shape index (κ3) is 12.7. The Morgan fingerprint density at radius 3 is 2.37 bits per heavy atom. The maximum Gasteiger partial charge on any atom is 0.424 e. The van der Waals surface area contributed by atoms with Crippen LogP contribution in [0.2, 0.25) is 0 Å². The van der Waals surface area contributed by atoms with Crippen LogP contribution in [0.3, 0.4) is 0 Å². The number of hydrogen-bond acceptors (Lipinski definition) is 8. The number of imidazole rings is 1. The van der Waals surface area contributed by atoms with Crippen molar-refractivity contribution in [2.24, 2.45) is 11.0 Å². The molecule has 0 fully saturated rings. The fourth-order valence-electron chi connectivity index (χ4n) is 5.16. The minimum atomic E-state index is -1.12. The first kappa shape index (κ1) is 38.0. The van der Waals surface area contributed by atoms with Gasteiger partial charge in [0.2, 0.25) is 5.91 Å². The van der Waals surface area contributed by atoms with Gasteiger partial charge in [-0.15, -0.1) is 5.11 Å². The van der Waals surface area contributed by atoms with Gasteiger partial charge in [0.1, 0.15) is 12.9 Å². The zero-order valence-corrected chi connectivity index (χ0v) is 27.9. The molecule has 1 unspecified atom stereocenters. The monoisotopic (exact) mass is 636 g/mol. The van der Waals surface area contributed by atoms with E-state index in [4.69, 9.17) is 10.3 Å². The molecule has 1 atom stereocenters. The standard InChI is InChI=1S/C35H52N6O5/c1-5-6-7-8-9-10-11-12-13-14-15-16-17-18-19-20-30(42)41(33(43)31-32(39-36)40(26-38-31)34(44)37-4)35(45)46-25-28-21-23-29(24-22-28)27(2)3/h9-10,12-13,21,26,29,36H,2,5-8,11,14-20,22-25H2,1,3-4H3,(H,37,44)/b10-9-,13-12-,39-36?. The van der Waals surface area contributed by atoms with Gasteiger partial charge in [0.05, 0.1) is 0 Å². The van der Waals surface area contributed by atoms with Gasteiger partial charge >= 0.3 is 12.1 Å². The highest BCUT2D eigenvalue weighted by Gasteiger charge is 2.35. The number of nitrogens with one attached hydrogen (secondary N) is 2. The summed E-state index contributed by atoms with van der Waals surface area (Å²) in [5.41, 5.74) is 9.03. The molecule has 0 saturated carbocycles. The summed E-state index contributed by atoms with van der Waals surface area (Å²) >= 11 is 0. The molecule has 1 heterocycles. The molecular weight excluding hydrogens is 584 g/mol. The Hall–Kier alpha value is -4.15. The van der Waals surface area contributed by atoms with Crippen molar-refractivity contribution >= 4 is 29.8 Å². The Morgan fingerprint density at radius 1 is 1.09 bits per heavy atom. The molecule has 46 heavy (non-hydrogen) atoms. The highest BCUT2D eigenvalue weighted by molar-refractivity contribution is 6.15. The number of aromatic nitrogens is 2. The lowest BCUT2D eigenvalue weighted by molar-refractivity contribution is -0.127. The smallest absolute Gasteiger partial charge is 0.424 e. The summed E-state index contributed by atoms with van der Waals surface area (Å²) < 4.78 is 6.29. The fourth-order valence-corrected chi connectivity index (χ4v) is 5.16. The van der Waals surface area contributed by atoms with Crippen molar-refractivity contribution in [3.8, 4) is 0 Å². The van der Waals surface area contributed by atoms with Gasteiger partial charge in [-0.25, -0.2) is 24.7 Å². The van der Waals surface area contributed by atoms with Crippen LogP contribution in [0.1, 0.15) is 121 Å². The van der Waals surface area contributed by atoms with Crippen molar-refractivity contribution in [2.75, 3.05) is 13.7 Å². The molecule has 1 aromatic rings. The van der Waals surface area contributed by atoms with Gasteiger partial charge in [0.25, 0.3) is 5.91 Å². The average Bonchev–Trinajstić information content (AvgIpc) is 3.49. The van der Waals surface area contributed by atoms with Crippen molar-refractivity contribution in [3.05, 3.63) is 60.1 Å². The van der Waals surface area contributed by atoms with E-state index in [0.717, 1.165) is 86.2 Å². The van der Waals surface area contributed by atoms with Gasteiger partial charge in [-0.3, -0.25) is 9.59 Å². The summed E-state index contributed by atoms with van der Waals surface area (Å²) in [5, 5.41) is 5.62. The van der Waals surface area contributed by atoms with Crippen LogP contribution in [0.4, 0.5) is 15.4 Å². The molecule has 0 aromatic carbocycles. The van der Waals surface area contributed by atoms with Gasteiger partial charge in [-0.05, 0) is 76.2 Å². The number of hydrogen-bond donors (Lipinski definition) is 2. The van der Waals surface area contributed by atoms with Gasteiger partial charge in [0, 0.05) is 13.5 Å². The SMILES string of the molecule is C=C(C)C1CC=C(COC(=O)N(C(=O)CCCCCCC/C=C\C/C=C\CCCCC)C(=O)c2ncn(C(=O)NC)c2N=N)CC1. The van der Waals surface area contributed by atoms with Crippen molar-refractivity contribution in [3.63, 3.8) is 0 Å². The average molecular weight is 637 g/mol. The van der Waals surface area contributed by atoms with E-state index < -0.39 is 35.5 Å². The minimum absolute atomic E-state index is 0.0438. The number of nitrogens with zero attached hydrogens (tertiary/aromatic N) is 4. The predicted octanol–water partition coefficient (Wildman–Crippen LogP) is 8.95. The van der Waals surface area contributed by atoms with Crippen molar-refractivity contribution in [1.29, 1.82) is 5.53 Å². The maximum absolute atomic E-state index is 13.5. The maximum atomic E-state index is 13.5. The van der Waals surface area contributed by atoms with E-state index in [9.17, 15) is 19.2 Å². The highest BCUT2D eigenvalue weighted by atomic mass is 16.6. The summed E-state index contributed by atoms with van der Waals surface area (Å²) in [6.07, 6.45) is 24.3. The first-order valence-electron chi connectivity index (χ1n) is 16.6. The summed E-state index contributed by atoms with van der Waals surface area (Å²) in [4.78, 5) is 56.4. The van der Waals surface area contributed by atoms with Crippen LogP contribution in [-0.4, -0.2) is 52.0 Å². The molecule has 0 bridgehead atoms. The Morgan fingerprint density at radius 2 is 1.76 bits per heavy atom. The van der Waals surface area contributed by atoms with Crippen LogP contribution in [0.15, 0.2) is 59.5 Å². The minimum Gasteiger partial charge on any atom is -0.444 e. The van der Waals surface area contributed by atoms with E-state index in [2.05, 4.69) is 53.2 Å². The summed E-state index contributed by atoms with van der Waals surface area (Å²) in [7, 11) is 1.37. The summed E-state index contributed by atoms with van der Waals surface area (Å²) in [6.45, 7) is 8.17. The van der Waals surface area contributed by atoms with Gasteiger partial charge in [-0.1, -0.05) is 81.6 Å². The Balaban J connectivity index is 1.93. The van der Waals surface area contributed by atoms with E-state index >= 15 is 0 Å². The molecule has 252 valence electrons. The van der Waals surface area contributed by atoms with E-state index in [1.54, 1.807) is 0 Å². The lowest BCUT2D eigenvalue weighted by Crippen LogP contribution is -2.42. The molecule has 0 spiro atoms. The molecule has 0 saturated heterocycles. The second kappa shape index (κ2) is 21.6. The van der Waals surface area contributed by atoms with Crippen molar-refractivity contribution in [1.82, 2.24) is 19.8 Å². The van der Waals surface area contributed by atoms with Crippen LogP contribution >= 0.6 is 0 Å². The molecule has 1 aromatic heterocycles. The Labute approximate surface area is 273 Å². The van der Waals surface area contributed by atoms with Crippen LogP contribution in [0.25, 0.3) is 0 Å². The number of carbonyl (C=O) groups is 4. The molecule has 2 rings (SSSR count). The first-order valence-corrected chi connectivity index (χ1v) is 16.6. The van der Waals surface area contributed by atoms with E-state index in [1.807, 2.05) is 13.0 Å². The zero-order chi connectivity index (χ0) is 33.7. The molecule has 0 radical (unpaired) electrons. The molecule has 4 amide bonds. The highest BCUT2D eigenvalue weighted by Crippen LogP contribution is 2.28. The lowest BCUT2D eigenvalue weighted by atomic mass is 9.86. The van der Waals surface area contributed by atoms with Crippen LogP contribution in [-0.2, 0) is 9.53 Å². The van der Waals surface area contributed by atoms with E-state index in [1.165, 1.54) is 26.3 Å². The molecule has 0 aliphatic heterocycles. The molecule has 1 aliphatic rings. The largest absolute Gasteiger partial charge is 0.444 e. The summed E-state index contributed by atoms with van der Waals surface area (Å²) in [5.74, 6) is -1.84.